The molecular weight excluding hydrogens is 174 g/mol. The zero-order chi connectivity index (χ0) is 9.84. The quantitative estimate of drug-likeness (QED) is 0.603. The van der Waals surface area contributed by atoms with E-state index in [1.165, 1.54) is 12.0 Å². The van der Waals surface area contributed by atoms with E-state index in [0.717, 1.165) is 0 Å². The van der Waals surface area contributed by atoms with Gasteiger partial charge in [0, 0.05) is 18.7 Å². The van der Waals surface area contributed by atoms with Crippen molar-refractivity contribution in [3.63, 3.8) is 0 Å². The highest BCUT2D eigenvalue weighted by Crippen LogP contribution is 2.11. The van der Waals surface area contributed by atoms with Gasteiger partial charge in [0.25, 0.3) is 0 Å². The normalized spacial score (nSPS) is 16.4. The molecule has 0 atom stereocenters. The van der Waals surface area contributed by atoms with Crippen molar-refractivity contribution in [2.24, 2.45) is 0 Å². The minimum absolute atomic E-state index is 0.264. The van der Waals surface area contributed by atoms with Crippen LogP contribution in [0.1, 0.15) is 6.42 Å². The van der Waals surface area contributed by atoms with Crippen molar-refractivity contribution >= 4 is 12.1 Å². The van der Waals surface area contributed by atoms with E-state index in [4.69, 9.17) is 5.11 Å². The summed E-state index contributed by atoms with van der Waals surface area (Å²) in [6, 6.07) is 0. The lowest BCUT2D eigenvalue weighted by atomic mass is 10.1. The summed E-state index contributed by atoms with van der Waals surface area (Å²) in [6.45, 7) is 0.621. The van der Waals surface area contributed by atoms with Gasteiger partial charge < -0.3 is 14.7 Å². The van der Waals surface area contributed by atoms with Crippen LogP contribution in [0.15, 0.2) is 11.6 Å². The molecule has 0 spiro atoms. The number of carboxylic acid groups (broad SMARTS) is 1. The Morgan fingerprint density at radius 2 is 2.31 bits per heavy atom. The van der Waals surface area contributed by atoms with Crippen molar-refractivity contribution in [2.75, 3.05) is 20.2 Å². The largest absolute Gasteiger partial charge is 0.466 e. The lowest BCUT2D eigenvalue weighted by molar-refractivity contribution is -0.136. The van der Waals surface area contributed by atoms with Crippen LogP contribution in [0, 0.1) is 0 Å². The molecule has 0 aliphatic carbocycles. The van der Waals surface area contributed by atoms with Gasteiger partial charge in [-0.1, -0.05) is 6.08 Å². The van der Waals surface area contributed by atoms with Gasteiger partial charge in [-0.3, -0.25) is 0 Å². The highest BCUT2D eigenvalue weighted by molar-refractivity contribution is 5.88. The molecule has 0 aromatic carbocycles. The second kappa shape index (κ2) is 3.93. The van der Waals surface area contributed by atoms with Crippen LogP contribution in [0.2, 0.25) is 0 Å². The summed E-state index contributed by atoms with van der Waals surface area (Å²) in [6.07, 6.45) is 1.06. The molecule has 72 valence electrons. The van der Waals surface area contributed by atoms with Gasteiger partial charge in [0.2, 0.25) is 0 Å². The maximum Gasteiger partial charge on any atom is 0.407 e. The van der Waals surface area contributed by atoms with Crippen LogP contribution in [-0.4, -0.2) is 42.3 Å². The number of nitrogens with zero attached hydrogens (tertiary/aromatic N) is 1. The lowest BCUT2D eigenvalue weighted by Gasteiger charge is -2.22. The number of carbonyl (C=O) groups excluding carboxylic acids is 1. The van der Waals surface area contributed by atoms with Gasteiger partial charge in [-0.15, -0.1) is 0 Å². The van der Waals surface area contributed by atoms with Crippen LogP contribution in [0.25, 0.3) is 0 Å². The fourth-order valence-electron chi connectivity index (χ4n) is 1.16. The van der Waals surface area contributed by atoms with E-state index >= 15 is 0 Å². The number of carbonyl (C=O) groups is 2. The molecule has 0 aromatic heterocycles. The van der Waals surface area contributed by atoms with Crippen LogP contribution in [-0.2, 0) is 9.53 Å². The molecular formula is C8H11NO4. The molecule has 1 heterocycles. The molecule has 1 rings (SSSR count). The zero-order valence-electron chi connectivity index (χ0n) is 7.32. The van der Waals surface area contributed by atoms with Crippen molar-refractivity contribution in [2.45, 2.75) is 6.42 Å². The van der Waals surface area contributed by atoms with Gasteiger partial charge in [0.15, 0.2) is 0 Å². The third-order valence-corrected chi connectivity index (χ3v) is 1.93. The van der Waals surface area contributed by atoms with Gasteiger partial charge in [-0.05, 0) is 6.42 Å². The van der Waals surface area contributed by atoms with Gasteiger partial charge in [-0.2, -0.15) is 0 Å². The average Bonchev–Trinajstić information content (AvgIpc) is 2.17. The standard InChI is InChI=1S/C8H11NO4/c1-13-7(10)6-2-4-9(5-3-6)8(11)12/h2H,3-5H2,1H3,(H,11,12). The lowest BCUT2D eigenvalue weighted by Crippen LogP contribution is -2.34. The Morgan fingerprint density at radius 3 is 2.69 bits per heavy atom. The number of rotatable bonds is 1. The third-order valence-electron chi connectivity index (χ3n) is 1.93. The van der Waals surface area contributed by atoms with E-state index in [-0.39, 0.29) is 12.5 Å². The second-order valence-corrected chi connectivity index (χ2v) is 2.70. The first kappa shape index (κ1) is 9.57. The maximum atomic E-state index is 11.0. The highest BCUT2D eigenvalue weighted by Gasteiger charge is 2.19. The fraction of sp³-hybridized carbons (Fsp3) is 0.500. The Balaban J connectivity index is 2.57. The molecule has 0 fully saturated rings. The Kier molecular flexibility index (Phi) is 2.89. The fourth-order valence-corrected chi connectivity index (χ4v) is 1.16. The minimum atomic E-state index is -0.958. The van der Waals surface area contributed by atoms with Crippen LogP contribution in [0.3, 0.4) is 0 Å². The summed E-state index contributed by atoms with van der Waals surface area (Å²) < 4.78 is 4.51. The predicted molar refractivity (Wildman–Crippen MR) is 44.3 cm³/mol. The number of ether oxygens (including phenoxy) is 1. The molecule has 5 heteroatoms. The molecule has 13 heavy (non-hydrogen) atoms. The topological polar surface area (TPSA) is 66.8 Å². The van der Waals surface area contributed by atoms with E-state index in [1.807, 2.05) is 0 Å². The van der Waals surface area contributed by atoms with Crippen molar-refractivity contribution < 1.29 is 19.4 Å². The van der Waals surface area contributed by atoms with Gasteiger partial charge in [0.05, 0.1) is 7.11 Å². The van der Waals surface area contributed by atoms with Crippen LogP contribution in [0.5, 0.6) is 0 Å². The number of methoxy groups -OCH3 is 1. The molecule has 1 amide bonds. The second-order valence-electron chi connectivity index (χ2n) is 2.70. The number of hydrogen-bond acceptors (Lipinski definition) is 3. The summed E-state index contributed by atoms with van der Waals surface area (Å²) in [5.41, 5.74) is 0.556. The molecule has 1 aliphatic heterocycles. The van der Waals surface area contributed by atoms with Crippen molar-refractivity contribution in [1.82, 2.24) is 4.90 Å². The summed E-state index contributed by atoms with van der Waals surface area (Å²) in [5.74, 6) is -0.370. The molecule has 0 unspecified atom stereocenters. The first-order valence-corrected chi connectivity index (χ1v) is 3.90. The Morgan fingerprint density at radius 1 is 1.62 bits per heavy atom. The monoisotopic (exact) mass is 185 g/mol. The van der Waals surface area contributed by atoms with Crippen molar-refractivity contribution in [1.29, 1.82) is 0 Å². The van der Waals surface area contributed by atoms with E-state index in [1.54, 1.807) is 6.08 Å². The molecule has 0 bridgehead atoms. The predicted octanol–water partition coefficient (Wildman–Crippen LogP) is 0.469. The molecule has 0 aromatic rings. The average molecular weight is 185 g/mol. The zero-order valence-corrected chi connectivity index (χ0v) is 7.32. The van der Waals surface area contributed by atoms with Crippen LogP contribution >= 0.6 is 0 Å². The number of hydrogen-bond donors (Lipinski definition) is 1. The Bertz CT molecular complexity index is 259. The van der Waals surface area contributed by atoms with Crippen LogP contribution < -0.4 is 0 Å². The van der Waals surface area contributed by atoms with Gasteiger partial charge in [0.1, 0.15) is 0 Å². The first-order chi connectivity index (χ1) is 6.15. The third kappa shape index (κ3) is 2.21. The number of esters is 1. The summed E-state index contributed by atoms with van der Waals surface area (Å²) in [7, 11) is 1.31. The van der Waals surface area contributed by atoms with E-state index < -0.39 is 6.09 Å². The molecule has 1 aliphatic rings. The smallest absolute Gasteiger partial charge is 0.407 e. The SMILES string of the molecule is COC(=O)C1=CCN(C(=O)O)CC1. The number of amides is 1. The Labute approximate surface area is 75.6 Å². The van der Waals surface area contributed by atoms with Gasteiger partial charge >= 0.3 is 12.1 Å². The van der Waals surface area contributed by atoms with E-state index in [0.29, 0.717) is 18.5 Å². The minimum Gasteiger partial charge on any atom is -0.466 e. The van der Waals surface area contributed by atoms with Crippen molar-refractivity contribution in [3.8, 4) is 0 Å². The first-order valence-electron chi connectivity index (χ1n) is 3.90. The summed E-state index contributed by atoms with van der Waals surface area (Å²) >= 11 is 0. The Hall–Kier alpha value is -1.52. The van der Waals surface area contributed by atoms with E-state index in [2.05, 4.69) is 4.74 Å². The molecule has 5 nitrogen and oxygen atoms in total. The summed E-state index contributed by atoms with van der Waals surface area (Å²) in [5, 5.41) is 8.60. The van der Waals surface area contributed by atoms with Crippen molar-refractivity contribution in [3.05, 3.63) is 11.6 Å². The van der Waals surface area contributed by atoms with Gasteiger partial charge in [-0.25, -0.2) is 9.59 Å². The maximum absolute atomic E-state index is 11.0. The summed E-state index contributed by atoms with van der Waals surface area (Å²) in [4.78, 5) is 22.7. The molecule has 0 saturated heterocycles. The van der Waals surface area contributed by atoms with Crippen LogP contribution in [0.4, 0.5) is 4.79 Å². The highest BCUT2D eigenvalue weighted by atomic mass is 16.5. The molecule has 0 saturated carbocycles. The molecule has 0 radical (unpaired) electrons. The van der Waals surface area contributed by atoms with E-state index in [9.17, 15) is 9.59 Å². The molecule has 1 N–H and O–H groups in total.